The molecule has 8 heteroatoms. The zero-order valence-corrected chi connectivity index (χ0v) is 14.2. The molecule has 6 nitrogen and oxygen atoms in total. The number of nitrogens with zero attached hydrogens (tertiary/aromatic N) is 2. The van der Waals surface area contributed by atoms with Gasteiger partial charge in [-0.15, -0.1) is 0 Å². The molecule has 1 aromatic heterocycles. The second-order valence-electron chi connectivity index (χ2n) is 5.60. The summed E-state index contributed by atoms with van der Waals surface area (Å²) in [6.07, 6.45) is 1.59. The van der Waals surface area contributed by atoms with Gasteiger partial charge in [0.1, 0.15) is 6.17 Å². The van der Waals surface area contributed by atoms with Crippen molar-refractivity contribution in [2.45, 2.75) is 18.6 Å². The maximum atomic E-state index is 13.4. The number of nitrogens with one attached hydrogen (secondary N) is 2. The van der Waals surface area contributed by atoms with Crippen LogP contribution in [0.15, 0.2) is 30.5 Å². The van der Waals surface area contributed by atoms with E-state index >= 15 is 0 Å². The monoisotopic (exact) mass is 386 g/mol. The minimum Gasteiger partial charge on any atom is -0.343 e. The molecule has 0 saturated carbocycles. The fourth-order valence-corrected chi connectivity index (χ4v) is 2.85. The second-order valence-corrected chi connectivity index (χ2v) is 5.60. The van der Waals surface area contributed by atoms with Crippen LogP contribution in [-0.2, 0) is 21.6 Å². The Hall–Kier alpha value is -2.32. The van der Waals surface area contributed by atoms with Gasteiger partial charge in [0, 0.05) is 41.2 Å². The molecule has 1 aromatic carbocycles. The van der Waals surface area contributed by atoms with Gasteiger partial charge in [-0.3, -0.25) is 9.59 Å². The van der Waals surface area contributed by atoms with E-state index in [4.69, 9.17) is 5.41 Å². The largest absolute Gasteiger partial charge is 0.343 e. The minimum absolute atomic E-state index is 0. The molecule has 2 heterocycles. The Morgan fingerprint density at radius 3 is 3.04 bits per heavy atom. The SMILES string of the molecule is N=C[C@@H]1CC(F)CN1C(=O)CNC(=O)c1ccnc2c[c-]ccc12.[Co]. The molecule has 1 saturated heterocycles. The molecule has 3 rings (SSSR count). The number of fused-ring (bicyclic) bond motifs is 1. The van der Waals surface area contributed by atoms with Gasteiger partial charge in [0.2, 0.25) is 11.8 Å². The average Bonchev–Trinajstić information content (AvgIpc) is 3.00. The number of amides is 2. The number of hydrogen-bond acceptors (Lipinski definition) is 4. The van der Waals surface area contributed by atoms with Gasteiger partial charge in [0.15, 0.2) is 0 Å². The Balaban J connectivity index is 0.00000225. The first-order valence-electron chi connectivity index (χ1n) is 7.57. The molecule has 0 bridgehead atoms. The molecule has 1 unspecified atom stereocenters. The number of alkyl halides is 1. The van der Waals surface area contributed by atoms with Crippen molar-refractivity contribution < 1.29 is 30.8 Å². The van der Waals surface area contributed by atoms with E-state index < -0.39 is 24.0 Å². The molecule has 1 aliphatic heterocycles. The van der Waals surface area contributed by atoms with Gasteiger partial charge < -0.3 is 20.6 Å². The summed E-state index contributed by atoms with van der Waals surface area (Å²) >= 11 is 0. The Kier molecular flexibility index (Phi) is 6.21. The molecule has 2 atom stereocenters. The third kappa shape index (κ3) is 4.02. The number of aromatic nitrogens is 1. The maximum absolute atomic E-state index is 13.4. The van der Waals surface area contributed by atoms with E-state index in [0.29, 0.717) is 16.5 Å². The van der Waals surface area contributed by atoms with Crippen LogP contribution >= 0.6 is 0 Å². The third-order valence-corrected chi connectivity index (χ3v) is 4.04. The van der Waals surface area contributed by atoms with Crippen molar-refractivity contribution >= 4 is 28.9 Å². The molecule has 2 amide bonds. The van der Waals surface area contributed by atoms with E-state index in [2.05, 4.69) is 16.4 Å². The Bertz CT molecular complexity index is 796. The molecule has 133 valence electrons. The predicted octanol–water partition coefficient (Wildman–Crippen LogP) is 1.35. The topological polar surface area (TPSA) is 86.2 Å². The number of rotatable bonds is 4. The number of likely N-dealkylation sites (tertiary alicyclic amines) is 1. The Morgan fingerprint density at radius 1 is 1.48 bits per heavy atom. The predicted molar refractivity (Wildman–Crippen MR) is 86.7 cm³/mol. The van der Waals surface area contributed by atoms with Crippen molar-refractivity contribution in [2.75, 3.05) is 13.1 Å². The van der Waals surface area contributed by atoms with Gasteiger partial charge in [-0.2, -0.15) is 24.3 Å². The van der Waals surface area contributed by atoms with Gasteiger partial charge in [-0.25, -0.2) is 4.39 Å². The smallest absolute Gasteiger partial charge is 0.250 e. The Morgan fingerprint density at radius 2 is 2.28 bits per heavy atom. The van der Waals surface area contributed by atoms with Crippen LogP contribution in [0.1, 0.15) is 16.8 Å². The van der Waals surface area contributed by atoms with E-state index in [1.54, 1.807) is 24.3 Å². The van der Waals surface area contributed by atoms with Crippen molar-refractivity contribution in [1.29, 1.82) is 5.41 Å². The van der Waals surface area contributed by atoms with Crippen LogP contribution in [0.5, 0.6) is 0 Å². The van der Waals surface area contributed by atoms with E-state index in [9.17, 15) is 14.0 Å². The fourth-order valence-electron chi connectivity index (χ4n) is 2.85. The van der Waals surface area contributed by atoms with Crippen LogP contribution in [0.4, 0.5) is 4.39 Å². The van der Waals surface area contributed by atoms with Gasteiger partial charge >= 0.3 is 0 Å². The number of carbonyl (C=O) groups excluding carboxylic acids is 2. The van der Waals surface area contributed by atoms with Crippen LogP contribution in [0.25, 0.3) is 10.9 Å². The zero-order valence-electron chi connectivity index (χ0n) is 13.2. The number of hydrogen-bond donors (Lipinski definition) is 2. The van der Waals surface area contributed by atoms with Crippen molar-refractivity contribution in [1.82, 2.24) is 15.2 Å². The minimum atomic E-state index is -1.13. The number of pyridine rings is 1. The van der Waals surface area contributed by atoms with Crippen LogP contribution in [0, 0.1) is 11.5 Å². The fraction of sp³-hybridized carbons (Fsp3) is 0.294. The van der Waals surface area contributed by atoms with E-state index in [-0.39, 0.29) is 36.3 Å². The summed E-state index contributed by atoms with van der Waals surface area (Å²) in [4.78, 5) is 30.0. The average molecular weight is 386 g/mol. The zero-order chi connectivity index (χ0) is 17.1. The first-order chi connectivity index (χ1) is 11.6. The van der Waals surface area contributed by atoms with Crippen LogP contribution in [-0.4, -0.2) is 53.2 Å². The van der Waals surface area contributed by atoms with Crippen LogP contribution in [0.3, 0.4) is 0 Å². The molecule has 2 N–H and O–H groups in total. The van der Waals surface area contributed by atoms with Gasteiger partial charge in [0.25, 0.3) is 0 Å². The van der Waals surface area contributed by atoms with Gasteiger partial charge in [-0.05, 0) is 11.6 Å². The summed E-state index contributed by atoms with van der Waals surface area (Å²) in [6, 6.07) is 9.03. The molecule has 1 radical (unpaired) electrons. The van der Waals surface area contributed by atoms with Crippen molar-refractivity contribution in [2.24, 2.45) is 0 Å². The third-order valence-electron chi connectivity index (χ3n) is 4.04. The van der Waals surface area contributed by atoms with Gasteiger partial charge in [0.05, 0.1) is 19.1 Å². The normalized spacial score (nSPS) is 19.3. The van der Waals surface area contributed by atoms with Crippen LogP contribution < -0.4 is 5.32 Å². The number of benzene rings is 1. The number of carbonyl (C=O) groups is 2. The summed E-state index contributed by atoms with van der Waals surface area (Å²) in [5.74, 6) is -0.798. The quantitative estimate of drug-likeness (QED) is 0.615. The molecule has 2 aromatic rings. The summed E-state index contributed by atoms with van der Waals surface area (Å²) in [7, 11) is 0. The molecule has 0 spiro atoms. The second kappa shape index (κ2) is 8.17. The first kappa shape index (κ1) is 19.0. The van der Waals surface area contributed by atoms with Crippen molar-refractivity contribution in [3.63, 3.8) is 0 Å². The summed E-state index contributed by atoms with van der Waals surface area (Å²) < 4.78 is 13.4. The summed E-state index contributed by atoms with van der Waals surface area (Å²) in [5.41, 5.74) is 1.05. The molecule has 0 aliphatic carbocycles. The van der Waals surface area contributed by atoms with E-state index in [1.165, 1.54) is 11.1 Å². The maximum Gasteiger partial charge on any atom is 0.250 e. The molecular formula is C17H16CoFN4O2-. The van der Waals surface area contributed by atoms with E-state index in [1.807, 2.05) is 0 Å². The molecule has 25 heavy (non-hydrogen) atoms. The number of halogens is 1. The van der Waals surface area contributed by atoms with Gasteiger partial charge in [-0.1, -0.05) is 5.39 Å². The Labute approximate surface area is 154 Å². The van der Waals surface area contributed by atoms with E-state index in [0.717, 1.165) is 6.21 Å². The summed E-state index contributed by atoms with van der Waals surface area (Å²) in [6.45, 7) is -0.276. The molecular weight excluding hydrogens is 370 g/mol. The van der Waals surface area contributed by atoms with Crippen LogP contribution in [0.2, 0.25) is 0 Å². The molecule has 1 fully saturated rings. The standard InChI is InChI=1S/C17H16FN4O2.Co/c18-11-7-12(8-19)22(10-11)16(23)9-21-17(24)14-5-6-20-15-4-2-1-3-13(14)15;/h1,3-6,8,11-12,19H,7,9-10H2,(H,21,24);/q-1;/t11?,12-;/m0./s1. The summed E-state index contributed by atoms with van der Waals surface area (Å²) in [5, 5.41) is 10.5. The molecule has 1 aliphatic rings. The first-order valence-corrected chi connectivity index (χ1v) is 7.57. The van der Waals surface area contributed by atoms with Crippen molar-refractivity contribution in [3.8, 4) is 0 Å². The van der Waals surface area contributed by atoms with Crippen molar-refractivity contribution in [3.05, 3.63) is 42.1 Å².